The molecule has 0 saturated heterocycles. The fourth-order valence-electron chi connectivity index (χ4n) is 2.41. The molecular weight excluding hydrogens is 352 g/mol. The molecule has 0 atom stereocenters. The summed E-state index contributed by atoms with van der Waals surface area (Å²) >= 11 is 9.55. The molecule has 0 aliphatic rings. The molecule has 0 amide bonds. The second-order valence-electron chi connectivity index (χ2n) is 4.81. The number of halogens is 2. The van der Waals surface area contributed by atoms with Crippen molar-refractivity contribution >= 4 is 38.6 Å². The van der Waals surface area contributed by atoms with Crippen molar-refractivity contribution in [2.75, 3.05) is 7.11 Å². The van der Waals surface area contributed by atoms with Gasteiger partial charge in [0.05, 0.1) is 34.2 Å². The number of fused-ring (bicyclic) bond motifs is 1. The molecule has 0 radical (unpaired) electrons. The van der Waals surface area contributed by atoms with E-state index in [1.807, 2.05) is 18.2 Å². The Hall–Kier alpha value is -1.52. The molecule has 0 aliphatic carbocycles. The zero-order valence-corrected chi connectivity index (χ0v) is 14.1. The fraction of sp³-hybridized carbons (Fsp3) is 0.188. The van der Waals surface area contributed by atoms with Crippen molar-refractivity contribution in [1.29, 1.82) is 0 Å². The third kappa shape index (κ3) is 2.54. The van der Waals surface area contributed by atoms with Crippen LogP contribution in [0.25, 0.3) is 16.7 Å². The van der Waals surface area contributed by atoms with Gasteiger partial charge in [-0.15, -0.1) is 11.6 Å². The molecule has 3 rings (SSSR count). The summed E-state index contributed by atoms with van der Waals surface area (Å²) in [4.78, 5) is 4.62. The summed E-state index contributed by atoms with van der Waals surface area (Å²) in [5, 5.41) is 0. The molecule has 0 fully saturated rings. The lowest BCUT2D eigenvalue weighted by molar-refractivity contribution is 0.412. The molecule has 3 nitrogen and oxygen atoms in total. The number of alkyl halides is 1. The van der Waals surface area contributed by atoms with E-state index in [4.69, 9.17) is 16.3 Å². The number of aryl methyl sites for hydroxylation is 1. The average Bonchev–Trinajstić information content (AvgIpc) is 2.85. The van der Waals surface area contributed by atoms with Crippen molar-refractivity contribution in [1.82, 2.24) is 9.55 Å². The van der Waals surface area contributed by atoms with Gasteiger partial charge < -0.3 is 4.74 Å². The number of nitrogens with zero attached hydrogens (tertiary/aromatic N) is 2. The van der Waals surface area contributed by atoms with E-state index in [0.717, 1.165) is 32.8 Å². The number of imidazole rings is 1. The maximum atomic E-state index is 6.07. The quantitative estimate of drug-likeness (QED) is 0.621. The van der Waals surface area contributed by atoms with Gasteiger partial charge in [-0.25, -0.2) is 4.98 Å². The van der Waals surface area contributed by atoms with Gasteiger partial charge >= 0.3 is 0 Å². The number of rotatable bonds is 3. The van der Waals surface area contributed by atoms with Gasteiger partial charge in [0.2, 0.25) is 0 Å². The molecule has 0 spiro atoms. The summed E-state index contributed by atoms with van der Waals surface area (Å²) in [5.74, 6) is 1.95. The highest BCUT2D eigenvalue weighted by Gasteiger charge is 2.13. The van der Waals surface area contributed by atoms with Crippen LogP contribution >= 0.6 is 27.5 Å². The lowest BCUT2D eigenvalue weighted by Crippen LogP contribution is -2.00. The third-order valence-electron chi connectivity index (χ3n) is 3.39. The molecule has 0 N–H and O–H groups in total. The Morgan fingerprint density at radius 2 is 2.05 bits per heavy atom. The predicted molar refractivity (Wildman–Crippen MR) is 89.6 cm³/mol. The van der Waals surface area contributed by atoms with Crippen LogP contribution in [0.3, 0.4) is 0 Å². The molecule has 1 aromatic heterocycles. The van der Waals surface area contributed by atoms with Gasteiger partial charge in [-0.05, 0) is 52.7 Å². The Kier molecular flexibility index (Phi) is 3.91. The highest BCUT2D eigenvalue weighted by atomic mass is 79.9. The zero-order valence-electron chi connectivity index (χ0n) is 11.7. The first-order chi connectivity index (χ1) is 10.1. The number of methoxy groups -OCH3 is 1. The molecule has 21 heavy (non-hydrogen) atoms. The van der Waals surface area contributed by atoms with Crippen LogP contribution in [0.4, 0.5) is 0 Å². The van der Waals surface area contributed by atoms with Crippen LogP contribution in [-0.4, -0.2) is 16.7 Å². The average molecular weight is 366 g/mol. The number of hydrogen-bond acceptors (Lipinski definition) is 2. The lowest BCUT2D eigenvalue weighted by atomic mass is 10.2. The number of ether oxygens (including phenoxy) is 1. The Morgan fingerprint density at radius 1 is 1.24 bits per heavy atom. The first-order valence-corrected chi connectivity index (χ1v) is 7.84. The van der Waals surface area contributed by atoms with Crippen LogP contribution in [0.1, 0.15) is 11.4 Å². The Balaban J connectivity index is 2.28. The number of benzene rings is 2. The van der Waals surface area contributed by atoms with E-state index in [1.165, 1.54) is 5.56 Å². The van der Waals surface area contributed by atoms with Gasteiger partial charge in [0.15, 0.2) is 0 Å². The summed E-state index contributed by atoms with van der Waals surface area (Å²) in [6.45, 7) is 2.06. The number of aromatic nitrogens is 2. The summed E-state index contributed by atoms with van der Waals surface area (Å²) in [5.41, 5.74) is 4.16. The fourth-order valence-corrected chi connectivity index (χ4v) is 2.99. The second kappa shape index (κ2) is 5.70. The zero-order chi connectivity index (χ0) is 15.0. The minimum Gasteiger partial charge on any atom is -0.495 e. The molecule has 0 saturated carbocycles. The van der Waals surface area contributed by atoms with Crippen LogP contribution < -0.4 is 4.74 Å². The highest BCUT2D eigenvalue weighted by molar-refractivity contribution is 9.10. The number of hydrogen-bond donors (Lipinski definition) is 0. The standard InChI is InChI=1S/C16H14BrClN2O/c1-10-3-6-14-13(7-10)19-16(9-18)20(14)11-4-5-12(17)15(8-11)21-2/h3-8H,9H2,1-2H3. The largest absolute Gasteiger partial charge is 0.495 e. The first-order valence-electron chi connectivity index (χ1n) is 6.52. The molecular formula is C16H14BrClN2O. The molecule has 108 valence electrons. The van der Waals surface area contributed by atoms with Gasteiger partial charge in [-0.1, -0.05) is 6.07 Å². The molecule has 3 aromatic rings. The van der Waals surface area contributed by atoms with E-state index in [9.17, 15) is 0 Å². The first kappa shape index (κ1) is 14.4. The highest BCUT2D eigenvalue weighted by Crippen LogP contribution is 2.30. The molecule has 0 bridgehead atoms. The summed E-state index contributed by atoms with van der Waals surface area (Å²) in [6, 6.07) is 12.2. The van der Waals surface area contributed by atoms with Crippen molar-refractivity contribution in [3.8, 4) is 11.4 Å². The third-order valence-corrected chi connectivity index (χ3v) is 4.29. The molecule has 2 aromatic carbocycles. The minimum atomic E-state index is 0.353. The van der Waals surface area contributed by atoms with E-state index in [1.54, 1.807) is 7.11 Å². The maximum absolute atomic E-state index is 6.07. The van der Waals surface area contributed by atoms with Gasteiger partial charge in [0, 0.05) is 6.07 Å². The van der Waals surface area contributed by atoms with Crippen LogP contribution in [0.5, 0.6) is 5.75 Å². The van der Waals surface area contributed by atoms with Gasteiger partial charge in [0.1, 0.15) is 11.6 Å². The molecule has 1 heterocycles. The SMILES string of the molecule is COc1cc(-n2c(CCl)nc3cc(C)ccc32)ccc1Br. The van der Waals surface area contributed by atoms with Gasteiger partial charge in [0.25, 0.3) is 0 Å². The van der Waals surface area contributed by atoms with Crippen LogP contribution in [0.15, 0.2) is 40.9 Å². The maximum Gasteiger partial charge on any atom is 0.135 e. The summed E-state index contributed by atoms with van der Waals surface area (Å²) < 4.78 is 8.36. The summed E-state index contributed by atoms with van der Waals surface area (Å²) in [6.07, 6.45) is 0. The minimum absolute atomic E-state index is 0.353. The lowest BCUT2D eigenvalue weighted by Gasteiger charge is -2.11. The van der Waals surface area contributed by atoms with Crippen molar-refractivity contribution in [2.24, 2.45) is 0 Å². The van der Waals surface area contributed by atoms with E-state index in [2.05, 4.69) is 50.6 Å². The molecule has 5 heteroatoms. The van der Waals surface area contributed by atoms with Gasteiger partial charge in [-0.2, -0.15) is 0 Å². The van der Waals surface area contributed by atoms with E-state index < -0.39 is 0 Å². The van der Waals surface area contributed by atoms with Crippen LogP contribution in [0, 0.1) is 6.92 Å². The summed E-state index contributed by atoms with van der Waals surface area (Å²) in [7, 11) is 1.65. The predicted octanol–water partition coefficient (Wildman–Crippen LogP) is 4.84. The molecule has 0 aliphatic heterocycles. The molecule has 0 unspecified atom stereocenters. The van der Waals surface area contributed by atoms with E-state index in [-0.39, 0.29) is 0 Å². The Labute approximate surface area is 136 Å². The monoisotopic (exact) mass is 364 g/mol. The Bertz CT molecular complexity index is 813. The van der Waals surface area contributed by atoms with E-state index in [0.29, 0.717) is 5.88 Å². The smallest absolute Gasteiger partial charge is 0.135 e. The topological polar surface area (TPSA) is 27.1 Å². The van der Waals surface area contributed by atoms with Crippen molar-refractivity contribution in [3.05, 3.63) is 52.3 Å². The van der Waals surface area contributed by atoms with E-state index >= 15 is 0 Å². The van der Waals surface area contributed by atoms with Crippen molar-refractivity contribution in [2.45, 2.75) is 12.8 Å². The van der Waals surface area contributed by atoms with Crippen LogP contribution in [0.2, 0.25) is 0 Å². The Morgan fingerprint density at radius 3 is 2.76 bits per heavy atom. The second-order valence-corrected chi connectivity index (χ2v) is 5.93. The van der Waals surface area contributed by atoms with Crippen molar-refractivity contribution in [3.63, 3.8) is 0 Å². The van der Waals surface area contributed by atoms with Crippen LogP contribution in [-0.2, 0) is 5.88 Å². The normalized spacial score (nSPS) is 11.0. The van der Waals surface area contributed by atoms with Crippen molar-refractivity contribution < 1.29 is 4.74 Å². The van der Waals surface area contributed by atoms with Gasteiger partial charge in [-0.3, -0.25) is 4.57 Å².